The lowest BCUT2D eigenvalue weighted by Gasteiger charge is -2.16. The monoisotopic (exact) mass is 268 g/mol. The van der Waals surface area contributed by atoms with Crippen molar-refractivity contribution in [3.63, 3.8) is 0 Å². The van der Waals surface area contributed by atoms with Crippen LogP contribution in [-0.4, -0.2) is 38.4 Å². The van der Waals surface area contributed by atoms with Crippen LogP contribution in [0.25, 0.3) is 0 Å². The van der Waals surface area contributed by atoms with Crippen LogP contribution in [-0.2, 0) is 9.53 Å². The Morgan fingerprint density at radius 3 is 2.21 bits per heavy atom. The van der Waals surface area contributed by atoms with Crippen LogP contribution in [0.1, 0.15) is 28.8 Å². The van der Waals surface area contributed by atoms with Gasteiger partial charge in [-0.05, 0) is 19.1 Å². The van der Waals surface area contributed by atoms with Crippen LogP contribution in [0, 0.1) is 0 Å². The minimum absolute atomic E-state index is 0.211. The number of rotatable bonds is 5. The molecule has 0 aliphatic heterocycles. The SMILES string of the molecule is COC(=O)c1cc(OC)c(OC)c(C(C)C(=O)O)c1. The number of methoxy groups -OCH3 is 3. The number of hydrogen-bond acceptors (Lipinski definition) is 5. The topological polar surface area (TPSA) is 82.1 Å². The molecular formula is C13H16O6. The average molecular weight is 268 g/mol. The quantitative estimate of drug-likeness (QED) is 0.818. The largest absolute Gasteiger partial charge is 0.493 e. The van der Waals surface area contributed by atoms with Gasteiger partial charge in [-0.15, -0.1) is 0 Å². The van der Waals surface area contributed by atoms with Gasteiger partial charge in [0.05, 0.1) is 32.8 Å². The van der Waals surface area contributed by atoms with Crippen LogP contribution in [0.2, 0.25) is 0 Å². The molecule has 1 atom stereocenters. The molecule has 0 fully saturated rings. The van der Waals surface area contributed by atoms with Gasteiger partial charge in [-0.3, -0.25) is 4.79 Å². The summed E-state index contributed by atoms with van der Waals surface area (Å²) in [7, 11) is 4.07. The molecule has 104 valence electrons. The fourth-order valence-electron chi connectivity index (χ4n) is 1.68. The fraction of sp³-hybridized carbons (Fsp3) is 0.385. The molecule has 6 heteroatoms. The highest BCUT2D eigenvalue weighted by molar-refractivity contribution is 5.91. The molecule has 19 heavy (non-hydrogen) atoms. The maximum atomic E-state index is 11.6. The average Bonchev–Trinajstić information content (AvgIpc) is 2.43. The summed E-state index contributed by atoms with van der Waals surface area (Å²) in [5.74, 6) is -1.85. The van der Waals surface area contributed by atoms with E-state index in [0.29, 0.717) is 11.3 Å². The van der Waals surface area contributed by atoms with Gasteiger partial charge < -0.3 is 19.3 Å². The Bertz CT molecular complexity index is 494. The number of carboxylic acids is 1. The Morgan fingerprint density at radius 1 is 1.16 bits per heavy atom. The Kier molecular flexibility index (Phi) is 4.74. The molecule has 0 heterocycles. The van der Waals surface area contributed by atoms with Gasteiger partial charge in [0.25, 0.3) is 0 Å². The van der Waals surface area contributed by atoms with Crippen molar-refractivity contribution < 1.29 is 28.9 Å². The van der Waals surface area contributed by atoms with E-state index < -0.39 is 17.9 Å². The van der Waals surface area contributed by atoms with Crippen LogP contribution < -0.4 is 9.47 Å². The number of carbonyl (C=O) groups is 2. The van der Waals surface area contributed by atoms with E-state index in [0.717, 1.165) is 0 Å². The molecule has 0 aliphatic rings. The Hall–Kier alpha value is -2.24. The maximum Gasteiger partial charge on any atom is 0.337 e. The third-order valence-electron chi connectivity index (χ3n) is 2.77. The predicted molar refractivity (Wildman–Crippen MR) is 66.9 cm³/mol. The molecule has 0 aliphatic carbocycles. The Balaban J connectivity index is 3.48. The van der Waals surface area contributed by atoms with E-state index in [-0.39, 0.29) is 11.3 Å². The summed E-state index contributed by atoms with van der Waals surface area (Å²) in [5, 5.41) is 9.09. The van der Waals surface area contributed by atoms with Crippen LogP contribution in [0.5, 0.6) is 11.5 Å². The molecule has 6 nitrogen and oxygen atoms in total. The first-order chi connectivity index (χ1) is 8.96. The second-order valence-electron chi connectivity index (χ2n) is 3.85. The van der Waals surface area contributed by atoms with Crippen molar-refractivity contribution >= 4 is 11.9 Å². The summed E-state index contributed by atoms with van der Waals surface area (Å²) in [6.45, 7) is 1.50. The zero-order chi connectivity index (χ0) is 14.6. The molecular weight excluding hydrogens is 252 g/mol. The van der Waals surface area contributed by atoms with Gasteiger partial charge in [-0.1, -0.05) is 0 Å². The number of hydrogen-bond donors (Lipinski definition) is 1. The lowest BCUT2D eigenvalue weighted by molar-refractivity contribution is -0.138. The van der Waals surface area contributed by atoms with Gasteiger partial charge in [0.1, 0.15) is 0 Å². The van der Waals surface area contributed by atoms with Gasteiger partial charge in [-0.2, -0.15) is 0 Å². The first-order valence-electron chi connectivity index (χ1n) is 5.53. The summed E-state index contributed by atoms with van der Waals surface area (Å²) < 4.78 is 14.9. The summed E-state index contributed by atoms with van der Waals surface area (Å²) in [6, 6.07) is 2.88. The second kappa shape index (κ2) is 6.08. The molecule has 1 aromatic carbocycles. The highest BCUT2D eigenvalue weighted by Crippen LogP contribution is 2.37. The third kappa shape index (κ3) is 2.96. The molecule has 1 rings (SSSR count). The molecule has 0 amide bonds. The highest BCUT2D eigenvalue weighted by Gasteiger charge is 2.24. The van der Waals surface area contributed by atoms with E-state index in [4.69, 9.17) is 14.6 Å². The number of benzene rings is 1. The zero-order valence-electron chi connectivity index (χ0n) is 11.2. The van der Waals surface area contributed by atoms with E-state index in [2.05, 4.69) is 4.74 Å². The first kappa shape index (κ1) is 14.8. The molecule has 0 bridgehead atoms. The highest BCUT2D eigenvalue weighted by atomic mass is 16.5. The lowest BCUT2D eigenvalue weighted by atomic mass is 9.97. The van der Waals surface area contributed by atoms with E-state index in [1.165, 1.54) is 40.4 Å². The minimum Gasteiger partial charge on any atom is -0.493 e. The molecule has 1 aromatic rings. The molecule has 0 aromatic heterocycles. The normalized spacial score (nSPS) is 11.6. The molecule has 1 N–H and O–H groups in total. The summed E-state index contributed by atoms with van der Waals surface area (Å²) in [4.78, 5) is 22.7. The second-order valence-corrected chi connectivity index (χ2v) is 3.85. The molecule has 1 unspecified atom stereocenters. The standard InChI is InChI=1S/C13H16O6/c1-7(12(14)15)9-5-8(13(16)19-4)6-10(17-2)11(9)18-3/h5-7H,1-4H3,(H,14,15). The van der Waals surface area contributed by atoms with Crippen molar-refractivity contribution in [2.75, 3.05) is 21.3 Å². The number of carboxylic acid groups (broad SMARTS) is 1. The van der Waals surface area contributed by atoms with E-state index >= 15 is 0 Å². The molecule has 0 spiro atoms. The fourth-order valence-corrected chi connectivity index (χ4v) is 1.68. The molecule has 0 radical (unpaired) electrons. The van der Waals surface area contributed by atoms with Gasteiger partial charge in [-0.25, -0.2) is 4.79 Å². The van der Waals surface area contributed by atoms with Gasteiger partial charge in [0.15, 0.2) is 11.5 Å². The van der Waals surface area contributed by atoms with Crippen LogP contribution in [0.3, 0.4) is 0 Å². The van der Waals surface area contributed by atoms with Gasteiger partial charge in [0, 0.05) is 5.56 Å². The number of aliphatic carboxylic acids is 1. The summed E-state index contributed by atoms with van der Waals surface area (Å²) >= 11 is 0. The summed E-state index contributed by atoms with van der Waals surface area (Å²) in [6.07, 6.45) is 0. The van der Waals surface area contributed by atoms with Crippen LogP contribution in [0.15, 0.2) is 12.1 Å². The van der Waals surface area contributed by atoms with Gasteiger partial charge >= 0.3 is 11.9 Å². The zero-order valence-corrected chi connectivity index (χ0v) is 11.2. The summed E-state index contributed by atoms with van der Waals surface area (Å²) in [5.41, 5.74) is 0.568. The number of carbonyl (C=O) groups excluding carboxylic acids is 1. The lowest BCUT2D eigenvalue weighted by Crippen LogP contribution is -2.12. The van der Waals surface area contributed by atoms with Crippen molar-refractivity contribution in [2.45, 2.75) is 12.8 Å². The smallest absolute Gasteiger partial charge is 0.337 e. The molecule has 0 saturated carbocycles. The van der Waals surface area contributed by atoms with Gasteiger partial charge in [0.2, 0.25) is 0 Å². The van der Waals surface area contributed by atoms with E-state index in [1.807, 2.05) is 0 Å². The first-order valence-corrected chi connectivity index (χ1v) is 5.53. The van der Waals surface area contributed by atoms with Crippen molar-refractivity contribution in [1.82, 2.24) is 0 Å². The van der Waals surface area contributed by atoms with Crippen molar-refractivity contribution in [2.24, 2.45) is 0 Å². The maximum absolute atomic E-state index is 11.6. The predicted octanol–water partition coefficient (Wildman–Crippen LogP) is 1.68. The van der Waals surface area contributed by atoms with Crippen molar-refractivity contribution in [1.29, 1.82) is 0 Å². The minimum atomic E-state index is -1.03. The number of ether oxygens (including phenoxy) is 3. The molecule has 0 saturated heterocycles. The van der Waals surface area contributed by atoms with Crippen LogP contribution in [0.4, 0.5) is 0 Å². The van der Waals surface area contributed by atoms with Crippen molar-refractivity contribution in [3.8, 4) is 11.5 Å². The Labute approximate surface area is 110 Å². The van der Waals surface area contributed by atoms with E-state index in [9.17, 15) is 9.59 Å². The van der Waals surface area contributed by atoms with E-state index in [1.54, 1.807) is 0 Å². The Morgan fingerprint density at radius 2 is 1.79 bits per heavy atom. The third-order valence-corrected chi connectivity index (χ3v) is 2.77. The number of esters is 1. The van der Waals surface area contributed by atoms with Crippen molar-refractivity contribution in [3.05, 3.63) is 23.3 Å². The van der Waals surface area contributed by atoms with Crippen LogP contribution >= 0.6 is 0 Å².